The minimum absolute atomic E-state index is 0.000771. The summed E-state index contributed by atoms with van der Waals surface area (Å²) in [6, 6.07) is 30.6. The molecular weight excluding hydrogens is 673 g/mol. The second-order valence-electron chi connectivity index (χ2n) is 18.6. The van der Waals surface area contributed by atoms with Crippen molar-refractivity contribution in [1.29, 1.82) is 0 Å². The molecule has 0 aliphatic carbocycles. The highest BCUT2D eigenvalue weighted by Crippen LogP contribution is 2.52. The molecule has 1 aliphatic rings. The first-order chi connectivity index (χ1) is 25.8. The Labute approximate surface area is 329 Å². The maximum absolute atomic E-state index is 6.86. The molecule has 55 heavy (non-hydrogen) atoms. The third kappa shape index (κ3) is 6.54. The number of fused-ring (bicyclic) bond motifs is 3. The minimum atomic E-state index is -0.351. The van der Waals surface area contributed by atoms with E-state index in [4.69, 9.17) is 14.7 Å². The van der Waals surface area contributed by atoms with Crippen molar-refractivity contribution in [3.8, 4) is 17.3 Å². The zero-order valence-corrected chi connectivity index (χ0v) is 35.6. The van der Waals surface area contributed by atoms with E-state index in [1.54, 1.807) is 0 Å². The lowest BCUT2D eigenvalue weighted by Crippen LogP contribution is -2.60. The molecule has 0 unspecified atom stereocenters. The van der Waals surface area contributed by atoms with Gasteiger partial charge >= 0.3 is 0 Å². The first kappa shape index (κ1) is 38.4. The van der Waals surface area contributed by atoms with Crippen molar-refractivity contribution < 1.29 is 4.74 Å². The Morgan fingerprint density at radius 1 is 0.673 bits per heavy atom. The molecule has 0 saturated carbocycles. The number of rotatable bonds is 8. The number of hydrogen-bond acceptors (Lipinski definition) is 4. The maximum Gasteiger partial charge on any atom is 0.137 e. The molecule has 3 heterocycles. The Bertz CT molecular complexity index is 2430. The van der Waals surface area contributed by atoms with E-state index in [0.29, 0.717) is 17.8 Å². The number of aliphatic imine (C=N–C) groups is 1. The third-order valence-electron chi connectivity index (χ3n) is 12.3. The summed E-state index contributed by atoms with van der Waals surface area (Å²) in [7, 11) is 0. The Balaban J connectivity index is 1.37. The van der Waals surface area contributed by atoms with Gasteiger partial charge in [0, 0.05) is 34.3 Å². The normalized spacial score (nSPS) is 17.3. The summed E-state index contributed by atoms with van der Waals surface area (Å²) < 4.78 is 9.13. The SMILES string of the molecule is Cc1cc(Oc2ccc3c4ccccc4n(-c4cc(C(C)(C)C)ccn4)c3c2)cc(C2=N[C@](C)(C(C(C)C)C(C)C)C(C)(C)N2c2c(C)cc(C)cc2C)c1. The molecule has 1 atom stereocenters. The van der Waals surface area contributed by atoms with Crippen LogP contribution in [0.5, 0.6) is 11.5 Å². The molecule has 0 spiro atoms. The van der Waals surface area contributed by atoms with Crippen LogP contribution >= 0.6 is 0 Å². The lowest BCUT2D eigenvalue weighted by molar-refractivity contribution is 0.116. The average molecular weight is 733 g/mol. The van der Waals surface area contributed by atoms with Crippen molar-refractivity contribution in [2.75, 3.05) is 4.90 Å². The van der Waals surface area contributed by atoms with E-state index in [-0.39, 0.29) is 16.5 Å². The molecule has 0 N–H and O–H groups in total. The third-order valence-corrected chi connectivity index (χ3v) is 12.3. The zero-order chi connectivity index (χ0) is 39.8. The summed E-state index contributed by atoms with van der Waals surface area (Å²) in [4.78, 5) is 13.3. The summed E-state index contributed by atoms with van der Waals surface area (Å²) in [5, 5.41) is 2.36. The number of anilines is 1. The van der Waals surface area contributed by atoms with Crippen LogP contribution in [-0.2, 0) is 5.41 Å². The maximum atomic E-state index is 6.86. The number of hydrogen-bond donors (Lipinski definition) is 0. The molecule has 4 aromatic carbocycles. The number of benzene rings is 4. The summed E-state index contributed by atoms with van der Waals surface area (Å²) in [5.41, 5.74) is 10.0. The Hall–Kier alpha value is -4.90. The van der Waals surface area contributed by atoms with Crippen molar-refractivity contribution in [1.82, 2.24) is 9.55 Å². The predicted octanol–water partition coefficient (Wildman–Crippen LogP) is 13.2. The van der Waals surface area contributed by atoms with Crippen LogP contribution in [0.25, 0.3) is 27.6 Å². The van der Waals surface area contributed by atoms with Gasteiger partial charge in [0.05, 0.1) is 22.1 Å². The van der Waals surface area contributed by atoms with Crippen LogP contribution in [0.15, 0.2) is 96.1 Å². The number of aryl methyl sites for hydroxylation is 4. The van der Waals surface area contributed by atoms with E-state index < -0.39 is 0 Å². The van der Waals surface area contributed by atoms with Crippen molar-refractivity contribution in [3.05, 3.63) is 125 Å². The molecule has 0 amide bonds. The van der Waals surface area contributed by atoms with Gasteiger partial charge in [-0.1, -0.05) is 84.4 Å². The largest absolute Gasteiger partial charge is 0.457 e. The van der Waals surface area contributed by atoms with Crippen LogP contribution in [0.2, 0.25) is 0 Å². The van der Waals surface area contributed by atoms with Crippen LogP contribution in [0.4, 0.5) is 5.69 Å². The molecule has 0 radical (unpaired) electrons. The van der Waals surface area contributed by atoms with Crippen LogP contribution in [0, 0.1) is 45.4 Å². The number of pyridine rings is 1. The molecule has 5 nitrogen and oxygen atoms in total. The van der Waals surface area contributed by atoms with Crippen molar-refractivity contribution in [2.24, 2.45) is 22.7 Å². The van der Waals surface area contributed by atoms with E-state index in [0.717, 1.165) is 45.3 Å². The summed E-state index contributed by atoms with van der Waals surface area (Å²) >= 11 is 0. The fourth-order valence-corrected chi connectivity index (χ4v) is 9.89. The smallest absolute Gasteiger partial charge is 0.137 e. The van der Waals surface area contributed by atoms with Gasteiger partial charge in [0.2, 0.25) is 0 Å². The topological polar surface area (TPSA) is 42.6 Å². The van der Waals surface area contributed by atoms with E-state index >= 15 is 0 Å². The fraction of sp³-hybridized carbons (Fsp3) is 0.400. The summed E-state index contributed by atoms with van der Waals surface area (Å²) in [6.45, 7) is 32.2. The molecular formula is C50H60N4O. The van der Waals surface area contributed by atoms with Crippen LogP contribution in [0.1, 0.15) is 103 Å². The molecule has 1 aliphatic heterocycles. The molecule has 5 heteroatoms. The van der Waals surface area contributed by atoms with Crippen molar-refractivity contribution >= 4 is 33.3 Å². The van der Waals surface area contributed by atoms with Gasteiger partial charge in [-0.2, -0.15) is 0 Å². The number of aromatic nitrogens is 2. The number of amidine groups is 1. The zero-order valence-electron chi connectivity index (χ0n) is 35.6. The monoisotopic (exact) mass is 732 g/mol. The van der Waals surface area contributed by atoms with Crippen LogP contribution < -0.4 is 9.64 Å². The Morgan fingerprint density at radius 3 is 1.96 bits per heavy atom. The number of para-hydroxylation sites is 1. The van der Waals surface area contributed by atoms with Gasteiger partial charge < -0.3 is 9.64 Å². The van der Waals surface area contributed by atoms with Gasteiger partial charge in [-0.25, -0.2) is 4.98 Å². The molecule has 2 aromatic heterocycles. The fourth-order valence-electron chi connectivity index (χ4n) is 9.89. The second-order valence-corrected chi connectivity index (χ2v) is 18.6. The quantitative estimate of drug-likeness (QED) is 0.156. The van der Waals surface area contributed by atoms with Gasteiger partial charge in [-0.3, -0.25) is 9.56 Å². The molecule has 7 rings (SSSR count). The van der Waals surface area contributed by atoms with Gasteiger partial charge in [0.15, 0.2) is 0 Å². The summed E-state index contributed by atoms with van der Waals surface area (Å²) in [6.07, 6.45) is 1.93. The summed E-state index contributed by atoms with van der Waals surface area (Å²) in [5.74, 6) is 4.77. The number of ether oxygens (including phenoxy) is 1. The first-order valence-electron chi connectivity index (χ1n) is 20.1. The van der Waals surface area contributed by atoms with E-state index in [1.807, 2.05) is 6.20 Å². The lowest BCUT2D eigenvalue weighted by atomic mass is 9.64. The highest BCUT2D eigenvalue weighted by atomic mass is 16.5. The highest BCUT2D eigenvalue weighted by molar-refractivity contribution is 6.14. The van der Waals surface area contributed by atoms with E-state index in [1.165, 1.54) is 38.7 Å². The highest BCUT2D eigenvalue weighted by Gasteiger charge is 2.58. The standard InChI is InChI=1S/C50H60N4O/c1-30(2)45(31(3)4)50(14)49(12,13)54(46-34(7)23-32(5)24-35(46)8)47(52-50)36-25-33(6)26-39(27-36)55-38-19-20-41-40-17-15-16-18-42(40)53(43(41)29-38)44-28-37(21-22-51-44)48(9,10)11/h15-31,45H,1-14H3/t50-/m1/s1. The van der Waals surface area contributed by atoms with Gasteiger partial charge in [0.1, 0.15) is 23.2 Å². The molecule has 286 valence electrons. The van der Waals surface area contributed by atoms with Gasteiger partial charge in [0.25, 0.3) is 0 Å². The number of nitrogens with zero attached hydrogens (tertiary/aromatic N) is 4. The predicted molar refractivity (Wildman–Crippen MR) is 234 cm³/mol. The molecule has 0 saturated heterocycles. The second kappa shape index (κ2) is 13.7. The lowest BCUT2D eigenvalue weighted by Gasteiger charge is -2.50. The Morgan fingerprint density at radius 2 is 1.31 bits per heavy atom. The van der Waals surface area contributed by atoms with Crippen LogP contribution in [0.3, 0.4) is 0 Å². The molecule has 0 fully saturated rings. The minimum Gasteiger partial charge on any atom is -0.457 e. The van der Waals surface area contributed by atoms with Gasteiger partial charge in [-0.05, 0) is 142 Å². The van der Waals surface area contributed by atoms with Crippen molar-refractivity contribution in [2.45, 2.75) is 113 Å². The first-order valence-corrected chi connectivity index (χ1v) is 20.1. The van der Waals surface area contributed by atoms with Crippen LogP contribution in [-0.4, -0.2) is 26.5 Å². The molecule has 0 bridgehead atoms. The molecule has 6 aromatic rings. The average Bonchev–Trinajstić information content (AvgIpc) is 3.51. The van der Waals surface area contributed by atoms with Gasteiger partial charge in [-0.15, -0.1) is 0 Å². The van der Waals surface area contributed by atoms with Crippen molar-refractivity contribution in [3.63, 3.8) is 0 Å². The van der Waals surface area contributed by atoms with E-state index in [2.05, 4.69) is 191 Å². The van der Waals surface area contributed by atoms with E-state index in [9.17, 15) is 0 Å². The Kier molecular flexibility index (Phi) is 9.55.